The van der Waals surface area contributed by atoms with Crippen LogP contribution in [0.4, 0.5) is 11.4 Å². The van der Waals surface area contributed by atoms with Crippen LogP contribution in [-0.4, -0.2) is 33.7 Å². The van der Waals surface area contributed by atoms with E-state index in [9.17, 15) is 29.8 Å². The molecule has 2 aromatic rings. The molecule has 2 N–H and O–H groups in total. The molecule has 0 bridgehead atoms. The Hall–Kier alpha value is -3.24. The van der Waals surface area contributed by atoms with Crippen molar-refractivity contribution in [1.82, 2.24) is 10.6 Å². The van der Waals surface area contributed by atoms with Crippen molar-refractivity contribution in [2.45, 2.75) is 37.8 Å². The molecular formula is C20H18Cl2N4O6. The van der Waals surface area contributed by atoms with Crippen molar-refractivity contribution in [3.05, 3.63) is 77.8 Å². The van der Waals surface area contributed by atoms with E-state index in [2.05, 4.69) is 10.6 Å². The molecule has 0 radical (unpaired) electrons. The molecule has 0 saturated heterocycles. The van der Waals surface area contributed by atoms with Crippen molar-refractivity contribution in [2.75, 3.05) is 0 Å². The number of non-ortho nitro benzene ring substituents is 2. The molecule has 1 aliphatic carbocycles. The molecule has 10 nitrogen and oxygen atoms in total. The van der Waals surface area contributed by atoms with Gasteiger partial charge < -0.3 is 10.6 Å². The van der Waals surface area contributed by atoms with Crippen molar-refractivity contribution in [1.29, 1.82) is 0 Å². The van der Waals surface area contributed by atoms with E-state index in [-0.39, 0.29) is 44.6 Å². The number of nitrogens with one attached hydrogen (secondary N) is 2. The second-order valence-corrected chi connectivity index (χ2v) is 8.15. The number of hydrogen-bond donors (Lipinski definition) is 2. The fourth-order valence-electron chi connectivity index (χ4n) is 3.51. The highest BCUT2D eigenvalue weighted by molar-refractivity contribution is 6.34. The number of rotatable bonds is 6. The zero-order valence-corrected chi connectivity index (χ0v) is 18.1. The van der Waals surface area contributed by atoms with E-state index in [0.717, 1.165) is 12.1 Å². The Kier molecular flexibility index (Phi) is 7.26. The van der Waals surface area contributed by atoms with Crippen LogP contribution in [-0.2, 0) is 0 Å². The van der Waals surface area contributed by atoms with Gasteiger partial charge in [-0.1, -0.05) is 23.2 Å². The molecule has 12 heteroatoms. The second kappa shape index (κ2) is 9.92. The topological polar surface area (TPSA) is 144 Å². The summed E-state index contributed by atoms with van der Waals surface area (Å²) in [5, 5.41) is 27.7. The monoisotopic (exact) mass is 480 g/mol. The van der Waals surface area contributed by atoms with Crippen LogP contribution in [0, 0.1) is 20.2 Å². The van der Waals surface area contributed by atoms with E-state index in [4.69, 9.17) is 23.2 Å². The predicted octanol–water partition coefficient (Wildman–Crippen LogP) is 4.28. The number of benzene rings is 2. The maximum Gasteiger partial charge on any atom is 0.270 e. The Labute approximate surface area is 192 Å². The number of nitro groups is 2. The van der Waals surface area contributed by atoms with E-state index in [0.29, 0.717) is 25.7 Å². The first kappa shape index (κ1) is 23.4. The van der Waals surface area contributed by atoms with Gasteiger partial charge in [-0.15, -0.1) is 0 Å². The smallest absolute Gasteiger partial charge is 0.270 e. The number of nitro benzene ring substituents is 2. The summed E-state index contributed by atoms with van der Waals surface area (Å²) in [6, 6.07) is 6.94. The van der Waals surface area contributed by atoms with Gasteiger partial charge in [-0.05, 0) is 37.8 Å². The average Bonchev–Trinajstić information content (AvgIpc) is 2.75. The number of amides is 2. The molecule has 2 amide bonds. The van der Waals surface area contributed by atoms with Gasteiger partial charge in [-0.2, -0.15) is 0 Å². The summed E-state index contributed by atoms with van der Waals surface area (Å²) in [5.74, 6) is -1.01. The first-order chi connectivity index (χ1) is 15.2. The highest BCUT2D eigenvalue weighted by atomic mass is 35.5. The highest BCUT2D eigenvalue weighted by Crippen LogP contribution is 2.25. The average molecular weight is 481 g/mol. The van der Waals surface area contributed by atoms with Crippen LogP contribution in [0.25, 0.3) is 0 Å². The van der Waals surface area contributed by atoms with E-state index >= 15 is 0 Å². The number of halogens is 2. The summed E-state index contributed by atoms with van der Waals surface area (Å²) in [5.41, 5.74) is -0.412. The van der Waals surface area contributed by atoms with Gasteiger partial charge in [0.2, 0.25) is 0 Å². The summed E-state index contributed by atoms with van der Waals surface area (Å²) < 4.78 is 0. The van der Waals surface area contributed by atoms with Gasteiger partial charge in [-0.3, -0.25) is 29.8 Å². The number of carbonyl (C=O) groups is 2. The van der Waals surface area contributed by atoms with Gasteiger partial charge in [0.25, 0.3) is 23.2 Å². The normalized spacial score (nSPS) is 17.9. The SMILES string of the molecule is O=C(NC1CCC(NC(=O)c2cc([N+](=O)[O-])ccc2Cl)CC1)c1cc([N+](=O)[O-])ccc1Cl. The van der Waals surface area contributed by atoms with Crippen LogP contribution >= 0.6 is 23.2 Å². The molecule has 168 valence electrons. The van der Waals surface area contributed by atoms with Gasteiger partial charge in [0.1, 0.15) is 0 Å². The molecule has 1 fully saturated rings. The van der Waals surface area contributed by atoms with Crippen molar-refractivity contribution in [2.24, 2.45) is 0 Å². The van der Waals surface area contributed by atoms with Crippen LogP contribution in [0.15, 0.2) is 36.4 Å². The van der Waals surface area contributed by atoms with Gasteiger partial charge in [0.15, 0.2) is 0 Å². The number of carbonyl (C=O) groups excluding carboxylic acids is 2. The van der Waals surface area contributed by atoms with Crippen LogP contribution in [0.1, 0.15) is 46.4 Å². The Balaban J connectivity index is 1.57. The summed E-state index contributed by atoms with van der Waals surface area (Å²) in [7, 11) is 0. The van der Waals surface area contributed by atoms with Crippen LogP contribution in [0.3, 0.4) is 0 Å². The van der Waals surface area contributed by atoms with Crippen molar-refractivity contribution in [3.63, 3.8) is 0 Å². The molecule has 3 rings (SSSR count). The fourth-order valence-corrected chi connectivity index (χ4v) is 3.92. The third-order valence-corrected chi connectivity index (χ3v) is 5.87. The molecule has 0 spiro atoms. The predicted molar refractivity (Wildman–Crippen MR) is 117 cm³/mol. The fraction of sp³-hybridized carbons (Fsp3) is 0.300. The number of hydrogen-bond acceptors (Lipinski definition) is 6. The first-order valence-electron chi connectivity index (χ1n) is 9.65. The Morgan fingerprint density at radius 1 is 0.750 bits per heavy atom. The lowest BCUT2D eigenvalue weighted by atomic mass is 9.90. The lowest BCUT2D eigenvalue weighted by Gasteiger charge is -2.29. The minimum absolute atomic E-state index is 0.0246. The molecule has 2 aromatic carbocycles. The van der Waals surface area contributed by atoms with Gasteiger partial charge in [0, 0.05) is 36.3 Å². The van der Waals surface area contributed by atoms with Crippen molar-refractivity contribution >= 4 is 46.4 Å². The molecule has 32 heavy (non-hydrogen) atoms. The van der Waals surface area contributed by atoms with E-state index < -0.39 is 21.7 Å². The third-order valence-electron chi connectivity index (χ3n) is 5.21. The molecule has 0 aromatic heterocycles. The van der Waals surface area contributed by atoms with E-state index in [1.54, 1.807) is 0 Å². The molecule has 0 aliphatic heterocycles. The molecule has 0 heterocycles. The summed E-state index contributed by atoms with van der Waals surface area (Å²) in [6.45, 7) is 0. The molecule has 1 saturated carbocycles. The summed E-state index contributed by atoms with van der Waals surface area (Å²) in [4.78, 5) is 45.7. The van der Waals surface area contributed by atoms with Crippen molar-refractivity contribution in [3.8, 4) is 0 Å². The van der Waals surface area contributed by atoms with Crippen LogP contribution in [0.5, 0.6) is 0 Å². The quantitative estimate of drug-likeness (QED) is 0.466. The van der Waals surface area contributed by atoms with Crippen LogP contribution in [0.2, 0.25) is 10.0 Å². The van der Waals surface area contributed by atoms with Crippen molar-refractivity contribution < 1.29 is 19.4 Å². The molecule has 0 atom stereocenters. The lowest BCUT2D eigenvalue weighted by molar-refractivity contribution is -0.385. The molecular weight excluding hydrogens is 463 g/mol. The third kappa shape index (κ3) is 5.51. The Bertz CT molecular complexity index is 1000. The molecule has 1 aliphatic rings. The molecule has 0 unspecified atom stereocenters. The number of nitrogens with zero attached hydrogens (tertiary/aromatic N) is 2. The maximum absolute atomic E-state index is 12.5. The van der Waals surface area contributed by atoms with E-state index in [1.165, 1.54) is 24.3 Å². The van der Waals surface area contributed by atoms with E-state index in [1.807, 2.05) is 0 Å². The second-order valence-electron chi connectivity index (χ2n) is 7.34. The zero-order chi connectivity index (χ0) is 23.4. The minimum Gasteiger partial charge on any atom is -0.349 e. The van der Waals surface area contributed by atoms with Gasteiger partial charge in [0.05, 0.1) is 31.0 Å². The van der Waals surface area contributed by atoms with Gasteiger partial charge >= 0.3 is 0 Å². The largest absolute Gasteiger partial charge is 0.349 e. The summed E-state index contributed by atoms with van der Waals surface area (Å²) in [6.07, 6.45) is 2.25. The summed E-state index contributed by atoms with van der Waals surface area (Å²) >= 11 is 12.0. The first-order valence-corrected chi connectivity index (χ1v) is 10.4. The Morgan fingerprint density at radius 3 is 1.41 bits per heavy atom. The standard InChI is InChI=1S/C20H18Cl2N4O6/c21-17-7-5-13(25(29)30)9-15(17)19(27)23-11-1-2-12(4-3-11)24-20(28)16-10-14(26(31)32)6-8-18(16)22/h5-12H,1-4H2,(H,23,27)(H,24,28). The maximum atomic E-state index is 12.5. The lowest BCUT2D eigenvalue weighted by Crippen LogP contribution is -2.44. The van der Waals surface area contributed by atoms with Crippen LogP contribution < -0.4 is 10.6 Å². The Morgan fingerprint density at radius 2 is 1.09 bits per heavy atom. The minimum atomic E-state index is -0.603. The van der Waals surface area contributed by atoms with Gasteiger partial charge in [-0.25, -0.2) is 0 Å². The zero-order valence-electron chi connectivity index (χ0n) is 16.5. The highest BCUT2D eigenvalue weighted by Gasteiger charge is 2.26.